The second-order valence-corrected chi connectivity index (χ2v) is 4.27. The van der Waals surface area contributed by atoms with Crippen molar-refractivity contribution in [3.05, 3.63) is 58.3 Å². The van der Waals surface area contributed by atoms with Gasteiger partial charge in [-0.15, -0.1) is 0 Å². The van der Waals surface area contributed by atoms with Crippen molar-refractivity contribution in [2.45, 2.75) is 13.5 Å². The van der Waals surface area contributed by atoms with Crippen molar-refractivity contribution in [3.8, 4) is 0 Å². The molecule has 0 fully saturated rings. The van der Waals surface area contributed by atoms with Crippen LogP contribution in [-0.2, 0) is 6.54 Å². The molecule has 72 valence electrons. The van der Waals surface area contributed by atoms with E-state index >= 15 is 0 Å². The molecule has 0 aliphatic rings. The van der Waals surface area contributed by atoms with E-state index in [1.54, 1.807) is 0 Å². The molecule has 2 rings (SSSR count). The Kier molecular flexibility index (Phi) is 2.73. The first-order valence-corrected chi connectivity index (χ1v) is 5.41. The van der Waals surface area contributed by atoms with Gasteiger partial charge in [0.05, 0.1) is 4.60 Å². The SMILES string of the molecule is Cc1cc(Br)n(Cc2ccccc2)c1. The fourth-order valence-electron chi connectivity index (χ4n) is 1.52. The largest absolute Gasteiger partial charge is 0.338 e. The number of hydrogen-bond donors (Lipinski definition) is 0. The first-order valence-electron chi connectivity index (χ1n) is 4.62. The van der Waals surface area contributed by atoms with Crippen LogP contribution >= 0.6 is 15.9 Å². The van der Waals surface area contributed by atoms with E-state index in [4.69, 9.17) is 0 Å². The van der Waals surface area contributed by atoms with Crippen molar-refractivity contribution in [3.63, 3.8) is 0 Å². The van der Waals surface area contributed by atoms with E-state index in [0.29, 0.717) is 0 Å². The van der Waals surface area contributed by atoms with Crippen molar-refractivity contribution >= 4 is 15.9 Å². The molecule has 2 aromatic rings. The maximum atomic E-state index is 3.54. The van der Waals surface area contributed by atoms with Crippen molar-refractivity contribution in [2.24, 2.45) is 0 Å². The summed E-state index contributed by atoms with van der Waals surface area (Å²) in [5, 5.41) is 0. The molecule has 0 spiro atoms. The molecule has 0 atom stereocenters. The summed E-state index contributed by atoms with van der Waals surface area (Å²) in [5.74, 6) is 0. The standard InChI is InChI=1S/C12H12BrN/c1-10-7-12(13)14(8-10)9-11-5-3-2-4-6-11/h2-8H,9H2,1H3. The molecular weight excluding hydrogens is 238 g/mol. The van der Waals surface area contributed by atoms with Gasteiger partial charge in [-0.3, -0.25) is 0 Å². The summed E-state index contributed by atoms with van der Waals surface area (Å²) >= 11 is 3.54. The minimum atomic E-state index is 0.926. The Hall–Kier alpha value is -1.02. The Morgan fingerprint density at radius 3 is 2.50 bits per heavy atom. The first-order chi connectivity index (χ1) is 6.75. The van der Waals surface area contributed by atoms with Crippen LogP contribution in [0.3, 0.4) is 0 Å². The maximum absolute atomic E-state index is 3.54. The molecule has 1 aromatic heterocycles. The third-order valence-electron chi connectivity index (χ3n) is 2.18. The predicted octanol–water partition coefficient (Wildman–Crippen LogP) is 3.61. The van der Waals surface area contributed by atoms with Crippen LogP contribution in [0.15, 0.2) is 47.2 Å². The number of aryl methyl sites for hydroxylation is 1. The Labute approximate surface area is 92.5 Å². The van der Waals surface area contributed by atoms with Crippen molar-refractivity contribution < 1.29 is 0 Å². The van der Waals surface area contributed by atoms with Crippen molar-refractivity contribution in [1.82, 2.24) is 4.57 Å². The first kappa shape index (κ1) is 9.53. The van der Waals surface area contributed by atoms with Crippen LogP contribution in [0.2, 0.25) is 0 Å². The van der Waals surface area contributed by atoms with Crippen LogP contribution in [-0.4, -0.2) is 4.57 Å². The van der Waals surface area contributed by atoms with Gasteiger partial charge in [-0.05, 0) is 40.0 Å². The third-order valence-corrected chi connectivity index (χ3v) is 2.86. The van der Waals surface area contributed by atoms with Crippen LogP contribution in [0.5, 0.6) is 0 Å². The molecule has 0 amide bonds. The van der Waals surface area contributed by atoms with Gasteiger partial charge in [-0.25, -0.2) is 0 Å². The zero-order valence-corrected chi connectivity index (χ0v) is 9.66. The molecule has 0 bridgehead atoms. The summed E-state index contributed by atoms with van der Waals surface area (Å²) in [6.07, 6.45) is 2.15. The quantitative estimate of drug-likeness (QED) is 0.767. The monoisotopic (exact) mass is 249 g/mol. The zero-order chi connectivity index (χ0) is 9.97. The normalized spacial score (nSPS) is 10.4. The van der Waals surface area contributed by atoms with Crippen LogP contribution in [0, 0.1) is 6.92 Å². The third kappa shape index (κ3) is 2.07. The van der Waals surface area contributed by atoms with Crippen LogP contribution in [0.1, 0.15) is 11.1 Å². The second-order valence-electron chi connectivity index (χ2n) is 3.45. The van der Waals surface area contributed by atoms with Gasteiger partial charge in [0.15, 0.2) is 0 Å². The molecule has 2 heteroatoms. The lowest BCUT2D eigenvalue weighted by atomic mass is 10.2. The van der Waals surface area contributed by atoms with Gasteiger partial charge >= 0.3 is 0 Å². The molecule has 0 saturated carbocycles. The highest BCUT2D eigenvalue weighted by Crippen LogP contribution is 2.16. The smallest absolute Gasteiger partial charge is 0.0852 e. The van der Waals surface area contributed by atoms with Gasteiger partial charge in [-0.1, -0.05) is 30.3 Å². The van der Waals surface area contributed by atoms with E-state index in [0.717, 1.165) is 11.1 Å². The number of benzene rings is 1. The minimum Gasteiger partial charge on any atom is -0.338 e. The Morgan fingerprint density at radius 2 is 1.93 bits per heavy atom. The molecule has 1 nitrogen and oxygen atoms in total. The fraction of sp³-hybridized carbons (Fsp3) is 0.167. The topological polar surface area (TPSA) is 4.93 Å². The van der Waals surface area contributed by atoms with Crippen LogP contribution in [0.4, 0.5) is 0 Å². The fourth-order valence-corrected chi connectivity index (χ4v) is 2.11. The molecule has 0 aliphatic heterocycles. The molecule has 1 aromatic carbocycles. The number of nitrogens with zero attached hydrogens (tertiary/aromatic N) is 1. The van der Waals surface area contributed by atoms with Gasteiger partial charge in [0, 0.05) is 12.7 Å². The zero-order valence-electron chi connectivity index (χ0n) is 8.07. The van der Waals surface area contributed by atoms with Gasteiger partial charge in [0.25, 0.3) is 0 Å². The summed E-state index contributed by atoms with van der Waals surface area (Å²) in [6.45, 7) is 3.03. The molecule has 0 radical (unpaired) electrons. The average molecular weight is 250 g/mol. The number of aromatic nitrogens is 1. The van der Waals surface area contributed by atoms with E-state index < -0.39 is 0 Å². The van der Waals surface area contributed by atoms with E-state index in [1.165, 1.54) is 11.1 Å². The van der Waals surface area contributed by atoms with Gasteiger partial charge < -0.3 is 4.57 Å². The van der Waals surface area contributed by atoms with Gasteiger partial charge in [0.1, 0.15) is 0 Å². The number of hydrogen-bond acceptors (Lipinski definition) is 0. The highest BCUT2D eigenvalue weighted by molar-refractivity contribution is 9.10. The molecule has 0 saturated heterocycles. The lowest BCUT2D eigenvalue weighted by Gasteiger charge is -2.04. The molecular formula is C12H12BrN. The second kappa shape index (κ2) is 4.01. The van der Waals surface area contributed by atoms with E-state index in [9.17, 15) is 0 Å². The van der Waals surface area contributed by atoms with E-state index in [2.05, 4.69) is 63.9 Å². The summed E-state index contributed by atoms with van der Waals surface area (Å²) < 4.78 is 3.34. The average Bonchev–Trinajstić information content (AvgIpc) is 2.47. The highest BCUT2D eigenvalue weighted by Gasteiger charge is 2.00. The molecule has 0 aliphatic carbocycles. The van der Waals surface area contributed by atoms with Crippen LogP contribution < -0.4 is 0 Å². The number of rotatable bonds is 2. The van der Waals surface area contributed by atoms with Crippen LogP contribution in [0.25, 0.3) is 0 Å². The van der Waals surface area contributed by atoms with Gasteiger partial charge in [-0.2, -0.15) is 0 Å². The Morgan fingerprint density at radius 1 is 1.21 bits per heavy atom. The molecule has 0 N–H and O–H groups in total. The summed E-state index contributed by atoms with van der Waals surface area (Å²) in [5.41, 5.74) is 2.61. The highest BCUT2D eigenvalue weighted by atomic mass is 79.9. The number of halogens is 1. The lowest BCUT2D eigenvalue weighted by molar-refractivity contribution is 0.786. The Bertz CT molecular complexity index is 417. The molecule has 1 heterocycles. The Balaban J connectivity index is 2.23. The lowest BCUT2D eigenvalue weighted by Crippen LogP contribution is -1.97. The minimum absolute atomic E-state index is 0.926. The van der Waals surface area contributed by atoms with E-state index in [1.807, 2.05) is 6.07 Å². The summed E-state index contributed by atoms with van der Waals surface area (Å²) in [6, 6.07) is 12.6. The van der Waals surface area contributed by atoms with Crippen molar-refractivity contribution in [2.75, 3.05) is 0 Å². The molecule has 14 heavy (non-hydrogen) atoms. The van der Waals surface area contributed by atoms with Gasteiger partial charge in [0.2, 0.25) is 0 Å². The predicted molar refractivity (Wildman–Crippen MR) is 62.4 cm³/mol. The molecule has 0 unspecified atom stereocenters. The maximum Gasteiger partial charge on any atom is 0.0852 e. The van der Waals surface area contributed by atoms with E-state index in [-0.39, 0.29) is 0 Å². The summed E-state index contributed by atoms with van der Waals surface area (Å²) in [4.78, 5) is 0. The summed E-state index contributed by atoms with van der Waals surface area (Å²) in [7, 11) is 0. The van der Waals surface area contributed by atoms with Crippen molar-refractivity contribution in [1.29, 1.82) is 0 Å².